The Morgan fingerprint density at radius 1 is 1.50 bits per heavy atom. The van der Waals surface area contributed by atoms with Gasteiger partial charge in [0.1, 0.15) is 5.82 Å². The molecule has 1 aromatic rings. The van der Waals surface area contributed by atoms with Crippen molar-refractivity contribution in [2.24, 2.45) is 0 Å². The Bertz CT molecular complexity index is 393. The van der Waals surface area contributed by atoms with E-state index in [2.05, 4.69) is 12.2 Å². The largest absolute Gasteiger partial charge is 0.377 e. The first-order valence-electron chi connectivity index (χ1n) is 6.13. The van der Waals surface area contributed by atoms with Crippen molar-refractivity contribution in [3.05, 3.63) is 34.6 Å². The number of hydrogen-bond donors (Lipinski definition) is 1. The number of nitrogens with one attached hydrogen (secondary N) is 1. The van der Waals surface area contributed by atoms with Gasteiger partial charge in [-0.05, 0) is 50.6 Å². The second-order valence-electron chi connectivity index (χ2n) is 4.65. The van der Waals surface area contributed by atoms with Gasteiger partial charge in [-0.1, -0.05) is 18.5 Å². The van der Waals surface area contributed by atoms with Gasteiger partial charge in [-0.25, -0.2) is 4.39 Å². The van der Waals surface area contributed by atoms with Crippen molar-refractivity contribution in [2.75, 3.05) is 14.2 Å². The lowest BCUT2D eigenvalue weighted by Gasteiger charge is -2.36. The molecule has 0 spiro atoms. The van der Waals surface area contributed by atoms with E-state index in [1.165, 1.54) is 12.1 Å². The Hall–Kier alpha value is -0.640. The summed E-state index contributed by atoms with van der Waals surface area (Å²) in [6, 6.07) is 4.52. The molecular weight excluding hydrogens is 253 g/mol. The molecule has 0 aliphatic heterocycles. The maximum absolute atomic E-state index is 13.3. The van der Waals surface area contributed by atoms with Gasteiger partial charge < -0.3 is 10.1 Å². The number of methoxy groups -OCH3 is 1. The number of ether oxygens (including phenoxy) is 1. The highest BCUT2D eigenvalue weighted by molar-refractivity contribution is 6.31. The normalized spacial score (nSPS) is 16.3. The lowest BCUT2D eigenvalue weighted by molar-refractivity contribution is -0.0268. The minimum atomic E-state index is -0.301. The van der Waals surface area contributed by atoms with Crippen molar-refractivity contribution in [1.29, 1.82) is 0 Å². The fraction of sp³-hybridized carbons (Fsp3) is 0.571. The van der Waals surface area contributed by atoms with Crippen molar-refractivity contribution >= 4 is 11.6 Å². The molecule has 0 amide bonds. The van der Waals surface area contributed by atoms with Crippen LogP contribution < -0.4 is 5.32 Å². The maximum atomic E-state index is 13.3. The van der Waals surface area contributed by atoms with Crippen LogP contribution in [0.1, 0.15) is 25.8 Å². The van der Waals surface area contributed by atoms with E-state index in [-0.39, 0.29) is 17.5 Å². The van der Waals surface area contributed by atoms with Crippen LogP contribution in [0.25, 0.3) is 0 Å². The highest BCUT2D eigenvalue weighted by atomic mass is 35.5. The molecule has 0 aromatic heterocycles. The molecule has 0 aliphatic rings. The fourth-order valence-electron chi connectivity index (χ4n) is 2.08. The van der Waals surface area contributed by atoms with Gasteiger partial charge in [-0.3, -0.25) is 0 Å². The highest BCUT2D eigenvalue weighted by Crippen LogP contribution is 2.25. The first-order chi connectivity index (χ1) is 8.46. The molecule has 1 aromatic carbocycles. The predicted octanol–water partition coefficient (Wildman–Crippen LogP) is 3.42. The van der Waals surface area contributed by atoms with Crippen molar-refractivity contribution < 1.29 is 9.13 Å². The molecule has 0 saturated heterocycles. The van der Waals surface area contributed by atoms with Gasteiger partial charge in [-0.2, -0.15) is 0 Å². The molecule has 0 bridgehead atoms. The number of hydrogen-bond acceptors (Lipinski definition) is 2. The summed E-state index contributed by atoms with van der Waals surface area (Å²) in [5, 5.41) is 3.82. The zero-order chi connectivity index (χ0) is 13.8. The standard InChI is InChI=1S/C14H21ClFNO/c1-5-14(2,18-4)13(17-3)9-10-8-11(16)6-7-12(10)15/h6-8,13,17H,5,9H2,1-4H3. The first kappa shape index (κ1) is 15.4. The molecule has 0 fully saturated rings. The molecule has 1 rings (SSSR count). The van der Waals surface area contributed by atoms with Gasteiger partial charge in [0.2, 0.25) is 0 Å². The fourth-order valence-corrected chi connectivity index (χ4v) is 2.27. The molecule has 0 aliphatic carbocycles. The predicted molar refractivity (Wildman–Crippen MR) is 73.7 cm³/mol. The summed E-state index contributed by atoms with van der Waals surface area (Å²) in [5.74, 6) is -0.264. The third kappa shape index (κ3) is 3.44. The van der Waals surface area contributed by atoms with Gasteiger partial charge in [0, 0.05) is 18.2 Å². The monoisotopic (exact) mass is 273 g/mol. The third-order valence-corrected chi connectivity index (χ3v) is 4.05. The Balaban J connectivity index is 2.95. The maximum Gasteiger partial charge on any atom is 0.123 e. The molecule has 0 heterocycles. The van der Waals surface area contributed by atoms with Crippen molar-refractivity contribution in [3.8, 4) is 0 Å². The Labute approximate surface area is 113 Å². The van der Waals surface area contributed by atoms with Crippen LogP contribution in [0.2, 0.25) is 5.02 Å². The summed E-state index contributed by atoms with van der Waals surface area (Å²) in [5.41, 5.74) is 0.498. The highest BCUT2D eigenvalue weighted by Gasteiger charge is 2.31. The zero-order valence-corrected chi connectivity index (χ0v) is 12.1. The van der Waals surface area contributed by atoms with E-state index >= 15 is 0 Å². The second kappa shape index (κ2) is 6.50. The molecule has 2 unspecified atom stereocenters. The lowest BCUT2D eigenvalue weighted by atomic mass is 9.88. The molecule has 0 radical (unpaired) electrons. The van der Waals surface area contributed by atoms with Gasteiger partial charge in [0.25, 0.3) is 0 Å². The summed E-state index contributed by atoms with van der Waals surface area (Å²) in [6.07, 6.45) is 1.49. The molecule has 18 heavy (non-hydrogen) atoms. The molecule has 102 valence electrons. The minimum absolute atomic E-state index is 0.0757. The Kier molecular flexibility index (Phi) is 5.57. The molecule has 1 N–H and O–H groups in total. The second-order valence-corrected chi connectivity index (χ2v) is 5.06. The summed E-state index contributed by atoms with van der Waals surface area (Å²) < 4.78 is 18.8. The average Bonchev–Trinajstić information content (AvgIpc) is 2.38. The topological polar surface area (TPSA) is 21.3 Å². The number of halogens is 2. The van der Waals surface area contributed by atoms with E-state index in [0.717, 1.165) is 12.0 Å². The van der Waals surface area contributed by atoms with Gasteiger partial charge in [0.05, 0.1) is 5.60 Å². The van der Waals surface area contributed by atoms with Gasteiger partial charge in [0.15, 0.2) is 0 Å². The van der Waals surface area contributed by atoms with Crippen LogP contribution in [0.15, 0.2) is 18.2 Å². The molecule has 0 saturated carbocycles. The van der Waals surface area contributed by atoms with Crippen LogP contribution in [0, 0.1) is 5.82 Å². The van der Waals surface area contributed by atoms with E-state index in [9.17, 15) is 4.39 Å². The lowest BCUT2D eigenvalue weighted by Crippen LogP contribution is -2.49. The smallest absolute Gasteiger partial charge is 0.123 e. The van der Waals surface area contributed by atoms with Crippen LogP contribution in [0.4, 0.5) is 4.39 Å². The number of likely N-dealkylation sites (N-methyl/N-ethyl adjacent to an activating group) is 1. The van der Waals surface area contributed by atoms with Crippen LogP contribution in [0.5, 0.6) is 0 Å². The zero-order valence-electron chi connectivity index (χ0n) is 11.4. The summed E-state index contributed by atoms with van der Waals surface area (Å²) in [4.78, 5) is 0. The minimum Gasteiger partial charge on any atom is -0.377 e. The Morgan fingerprint density at radius 3 is 2.67 bits per heavy atom. The van der Waals surface area contributed by atoms with Crippen molar-refractivity contribution in [2.45, 2.75) is 38.3 Å². The molecule has 4 heteroatoms. The van der Waals surface area contributed by atoms with Crippen LogP contribution in [0.3, 0.4) is 0 Å². The third-order valence-electron chi connectivity index (χ3n) is 3.69. The van der Waals surface area contributed by atoms with E-state index in [1.807, 2.05) is 14.0 Å². The molecule has 2 nitrogen and oxygen atoms in total. The van der Waals surface area contributed by atoms with Crippen LogP contribution >= 0.6 is 11.6 Å². The summed E-state index contributed by atoms with van der Waals surface area (Å²) in [6.45, 7) is 4.11. The van der Waals surface area contributed by atoms with Crippen LogP contribution in [-0.4, -0.2) is 25.8 Å². The first-order valence-corrected chi connectivity index (χ1v) is 6.51. The van der Waals surface area contributed by atoms with Crippen molar-refractivity contribution in [3.63, 3.8) is 0 Å². The van der Waals surface area contributed by atoms with Gasteiger partial charge >= 0.3 is 0 Å². The summed E-state index contributed by atoms with van der Waals surface area (Å²) in [7, 11) is 3.58. The van der Waals surface area contributed by atoms with Crippen LogP contribution in [-0.2, 0) is 11.2 Å². The van der Waals surface area contributed by atoms with E-state index in [4.69, 9.17) is 16.3 Å². The quantitative estimate of drug-likeness (QED) is 0.857. The van der Waals surface area contributed by atoms with E-state index in [0.29, 0.717) is 11.4 Å². The number of benzene rings is 1. The average molecular weight is 274 g/mol. The van der Waals surface area contributed by atoms with Crippen molar-refractivity contribution in [1.82, 2.24) is 5.32 Å². The Morgan fingerprint density at radius 2 is 2.17 bits per heavy atom. The molecular formula is C14H21ClFNO. The summed E-state index contributed by atoms with van der Waals surface area (Å²) >= 11 is 6.10. The van der Waals surface area contributed by atoms with E-state index in [1.54, 1.807) is 13.2 Å². The van der Waals surface area contributed by atoms with Gasteiger partial charge in [-0.15, -0.1) is 0 Å². The number of rotatable bonds is 6. The SMILES string of the molecule is CCC(C)(OC)C(Cc1cc(F)ccc1Cl)NC. The molecule has 2 atom stereocenters. The van der Waals surface area contributed by atoms with E-state index < -0.39 is 0 Å².